The highest BCUT2D eigenvalue weighted by atomic mass is 35.5. The van der Waals surface area contributed by atoms with Crippen LogP contribution in [-0.4, -0.2) is 11.2 Å². The van der Waals surface area contributed by atoms with Gasteiger partial charge in [0.2, 0.25) is 0 Å². The molecule has 1 aromatic heterocycles. The van der Waals surface area contributed by atoms with Gasteiger partial charge in [-0.1, -0.05) is 57.0 Å². The molecule has 0 aliphatic heterocycles. The number of unbranched alkanes of at least 4 members (excludes halogenated alkanes) is 1. The molecule has 1 atom stereocenters. The molecule has 0 spiro atoms. The van der Waals surface area contributed by atoms with E-state index in [-0.39, 0.29) is 10.9 Å². The van der Waals surface area contributed by atoms with Crippen molar-refractivity contribution in [2.45, 2.75) is 66.2 Å². The van der Waals surface area contributed by atoms with Crippen LogP contribution in [0.3, 0.4) is 0 Å². The van der Waals surface area contributed by atoms with Gasteiger partial charge in [-0.2, -0.15) is 10.5 Å². The van der Waals surface area contributed by atoms with Crippen LogP contribution < -0.4 is 0 Å². The molecule has 0 amide bonds. The van der Waals surface area contributed by atoms with Crippen molar-refractivity contribution < 1.29 is 4.39 Å². The molecule has 3 aromatic rings. The summed E-state index contributed by atoms with van der Waals surface area (Å²) in [7, 11) is 0. The Hall–Kier alpha value is -3.67. The fourth-order valence-electron chi connectivity index (χ4n) is 3.92. The number of aromatic amines is 1. The third kappa shape index (κ3) is 8.45. The molecule has 1 unspecified atom stereocenters. The number of halogens is 2. The summed E-state index contributed by atoms with van der Waals surface area (Å²) in [4.78, 5) is 7.51. The first-order chi connectivity index (χ1) is 17.7. The number of H-pyrrole nitrogens is 1. The van der Waals surface area contributed by atoms with E-state index in [9.17, 15) is 4.39 Å². The molecule has 0 saturated carbocycles. The first-order valence-electron chi connectivity index (χ1n) is 12.5. The monoisotopic (exact) mass is 516 g/mol. The van der Waals surface area contributed by atoms with E-state index in [4.69, 9.17) is 22.1 Å². The topological polar surface area (TPSA) is 75.7 Å². The van der Waals surface area contributed by atoms with Crippen LogP contribution in [0.1, 0.15) is 82.2 Å². The molecule has 3 rings (SSSR count). The number of hydrogen-bond acceptors (Lipinski definition) is 3. The first kappa shape index (κ1) is 29.6. The lowest BCUT2D eigenvalue weighted by molar-refractivity contribution is 0.630. The van der Waals surface area contributed by atoms with Crippen LogP contribution >= 0.6 is 11.6 Å². The lowest BCUT2D eigenvalue weighted by Crippen LogP contribution is -2.01. The van der Waals surface area contributed by atoms with Gasteiger partial charge in [-0.15, -0.1) is 0 Å². The van der Waals surface area contributed by atoms with E-state index in [0.717, 1.165) is 53.5 Å². The second kappa shape index (κ2) is 14.8. The second-order valence-corrected chi connectivity index (χ2v) is 9.29. The highest BCUT2D eigenvalue weighted by Gasteiger charge is 2.19. The van der Waals surface area contributed by atoms with Gasteiger partial charge < -0.3 is 4.98 Å². The van der Waals surface area contributed by atoms with Crippen molar-refractivity contribution in [3.05, 3.63) is 93.0 Å². The summed E-state index contributed by atoms with van der Waals surface area (Å²) in [6.45, 7) is 10.0. The van der Waals surface area contributed by atoms with Gasteiger partial charge in [0.15, 0.2) is 0 Å². The molecule has 6 heteroatoms. The summed E-state index contributed by atoms with van der Waals surface area (Å²) in [6, 6.07) is 15.0. The molecule has 1 heterocycles. The largest absolute Gasteiger partial charge is 0.358 e. The van der Waals surface area contributed by atoms with Gasteiger partial charge in [0.05, 0.1) is 22.7 Å². The maximum Gasteiger partial charge on any atom is 0.143 e. The number of rotatable bonds is 8. The maximum atomic E-state index is 13.9. The predicted molar refractivity (Wildman–Crippen MR) is 152 cm³/mol. The molecule has 0 radical (unpaired) electrons. The Balaban J connectivity index is 0.000000341. The molecule has 0 saturated heterocycles. The molecular weight excluding hydrogens is 483 g/mol. The van der Waals surface area contributed by atoms with Crippen molar-refractivity contribution >= 4 is 28.7 Å². The number of fused-ring (bicyclic) bond motifs is 1. The van der Waals surface area contributed by atoms with Crippen molar-refractivity contribution in [3.63, 3.8) is 0 Å². The lowest BCUT2D eigenvalue weighted by atomic mass is 9.92. The van der Waals surface area contributed by atoms with Crippen molar-refractivity contribution in [2.75, 3.05) is 0 Å². The SMILES string of the molecule is CC/C=C(C)/N=C/C=C(\C)C#N.CCCCc1c(C(C)c2ccc(C#N)cc2)[nH]c2cc(F)c(Cl)cc12. The van der Waals surface area contributed by atoms with E-state index >= 15 is 0 Å². The van der Waals surface area contributed by atoms with Gasteiger partial charge in [0.25, 0.3) is 0 Å². The summed E-state index contributed by atoms with van der Waals surface area (Å²) in [5.41, 5.74) is 6.50. The van der Waals surface area contributed by atoms with Gasteiger partial charge in [-0.05, 0) is 74.6 Å². The Bertz CT molecular complexity index is 1370. The van der Waals surface area contributed by atoms with Crippen LogP contribution in [0.15, 0.2) is 64.8 Å². The predicted octanol–water partition coefficient (Wildman–Crippen LogP) is 9.17. The quantitative estimate of drug-likeness (QED) is 0.239. The Morgan fingerprint density at radius 3 is 2.46 bits per heavy atom. The van der Waals surface area contributed by atoms with Crippen molar-refractivity contribution in [3.8, 4) is 12.1 Å². The van der Waals surface area contributed by atoms with Crippen LogP contribution in [0.4, 0.5) is 4.39 Å². The number of nitrogens with one attached hydrogen (secondary N) is 1. The smallest absolute Gasteiger partial charge is 0.143 e. The van der Waals surface area contributed by atoms with Crippen LogP contribution in [0.2, 0.25) is 5.02 Å². The molecule has 0 aliphatic rings. The molecule has 2 aromatic carbocycles. The van der Waals surface area contributed by atoms with Gasteiger partial charge in [-0.25, -0.2) is 4.39 Å². The number of benzene rings is 2. The maximum absolute atomic E-state index is 13.9. The Kier molecular flexibility index (Phi) is 11.8. The normalized spacial score (nSPS) is 12.7. The number of aryl methyl sites for hydroxylation is 1. The number of nitriles is 2. The second-order valence-electron chi connectivity index (χ2n) is 8.88. The molecule has 0 bridgehead atoms. The van der Waals surface area contributed by atoms with E-state index < -0.39 is 5.82 Å². The third-order valence-corrected chi connectivity index (χ3v) is 6.30. The van der Waals surface area contributed by atoms with E-state index in [2.05, 4.69) is 36.8 Å². The molecule has 0 fully saturated rings. The van der Waals surface area contributed by atoms with Gasteiger partial charge >= 0.3 is 0 Å². The van der Waals surface area contributed by atoms with E-state index in [1.807, 2.05) is 43.3 Å². The summed E-state index contributed by atoms with van der Waals surface area (Å²) < 4.78 is 13.9. The highest BCUT2D eigenvalue weighted by molar-refractivity contribution is 6.31. The van der Waals surface area contributed by atoms with Crippen LogP contribution in [-0.2, 0) is 6.42 Å². The average Bonchev–Trinajstić information content (AvgIpc) is 3.24. The number of hydrogen-bond donors (Lipinski definition) is 1. The summed E-state index contributed by atoms with van der Waals surface area (Å²) in [5.74, 6) is -0.288. The Morgan fingerprint density at radius 1 is 1.16 bits per heavy atom. The zero-order valence-electron chi connectivity index (χ0n) is 22.2. The molecule has 0 aliphatic carbocycles. The average molecular weight is 517 g/mol. The zero-order valence-corrected chi connectivity index (χ0v) is 23.0. The first-order valence-corrected chi connectivity index (χ1v) is 12.9. The van der Waals surface area contributed by atoms with Gasteiger partial charge in [0.1, 0.15) is 5.82 Å². The standard InChI is InChI=1S/C21H20ClFN2.C10H14N2/c1-3-4-5-16-17-10-18(22)19(23)11-20(17)25-21(16)13(2)15-8-6-14(12-24)7-9-15;1-4-5-10(3)12-7-6-9(2)8-11/h6-11,13,25H,3-5H2,1-2H3;5-7H,4H2,1-3H3/b;9-6+,10-5+,12-7+. The third-order valence-electron chi connectivity index (χ3n) is 6.01. The lowest BCUT2D eigenvalue weighted by Gasteiger charge is -2.14. The summed E-state index contributed by atoms with van der Waals surface area (Å²) in [5, 5.41) is 18.5. The fraction of sp³-hybridized carbons (Fsp3) is 0.323. The van der Waals surface area contributed by atoms with E-state index in [0.29, 0.717) is 11.1 Å². The molecule has 4 nitrogen and oxygen atoms in total. The van der Waals surface area contributed by atoms with Crippen molar-refractivity contribution in [2.24, 2.45) is 4.99 Å². The molecule has 37 heavy (non-hydrogen) atoms. The zero-order chi connectivity index (χ0) is 27.4. The van der Waals surface area contributed by atoms with Crippen LogP contribution in [0, 0.1) is 28.5 Å². The fourth-order valence-corrected chi connectivity index (χ4v) is 4.09. The number of nitrogens with zero attached hydrogens (tertiary/aromatic N) is 3. The van der Waals surface area contributed by atoms with Gasteiger partial charge in [-0.3, -0.25) is 4.99 Å². The van der Waals surface area contributed by atoms with Crippen molar-refractivity contribution in [1.82, 2.24) is 4.98 Å². The number of allylic oxidation sites excluding steroid dienone is 4. The molecule has 192 valence electrons. The summed E-state index contributed by atoms with van der Waals surface area (Å²) in [6.07, 6.45) is 9.46. The minimum Gasteiger partial charge on any atom is -0.358 e. The van der Waals surface area contributed by atoms with Crippen molar-refractivity contribution in [1.29, 1.82) is 10.5 Å². The van der Waals surface area contributed by atoms with Crippen LogP contribution in [0.25, 0.3) is 10.9 Å². The van der Waals surface area contributed by atoms with E-state index in [1.165, 1.54) is 11.6 Å². The Labute approximate surface area is 224 Å². The van der Waals surface area contributed by atoms with Crippen LogP contribution in [0.5, 0.6) is 0 Å². The van der Waals surface area contributed by atoms with Gasteiger partial charge in [0, 0.05) is 40.0 Å². The number of aliphatic imine (C=N–C) groups is 1. The minimum atomic E-state index is -0.407. The summed E-state index contributed by atoms with van der Waals surface area (Å²) >= 11 is 6.01. The molecular formula is C31H34ClFN4. The molecule has 1 N–H and O–H groups in total. The van der Waals surface area contributed by atoms with E-state index in [1.54, 1.807) is 25.3 Å². The highest BCUT2D eigenvalue weighted by Crippen LogP contribution is 2.35. The minimum absolute atomic E-state index is 0.119. The Morgan fingerprint density at radius 2 is 1.86 bits per heavy atom. The number of aromatic nitrogens is 1.